The van der Waals surface area contributed by atoms with Crippen molar-refractivity contribution in [2.24, 2.45) is 5.92 Å². The number of nitrogens with one attached hydrogen (secondary N) is 1. The number of ether oxygens (including phenoxy) is 2. The Balaban J connectivity index is 2.81. The third-order valence-electron chi connectivity index (χ3n) is 3.10. The van der Waals surface area contributed by atoms with Crippen LogP contribution in [0.25, 0.3) is 0 Å². The van der Waals surface area contributed by atoms with Crippen molar-refractivity contribution in [3.05, 3.63) is 27.7 Å². The zero-order valence-corrected chi connectivity index (χ0v) is 17.5. The van der Waals surface area contributed by atoms with E-state index >= 15 is 0 Å². The highest BCUT2D eigenvalue weighted by atomic mass is 79.9. The summed E-state index contributed by atoms with van der Waals surface area (Å²) in [6, 6.07) is 5.44. The van der Waals surface area contributed by atoms with Gasteiger partial charge >= 0.3 is 6.09 Å². The number of alkyl carbamates (subject to hydrolysis) is 1. The summed E-state index contributed by atoms with van der Waals surface area (Å²) < 4.78 is 12.1. The summed E-state index contributed by atoms with van der Waals surface area (Å²) in [6.07, 6.45) is 0.302. The maximum atomic E-state index is 12.2. The largest absolute Gasteiger partial charge is 0.490 e. The van der Waals surface area contributed by atoms with E-state index in [1.54, 1.807) is 12.1 Å². The Morgan fingerprint density at radius 1 is 1.29 bits per heavy atom. The van der Waals surface area contributed by atoms with Gasteiger partial charge in [-0.1, -0.05) is 41.4 Å². The van der Waals surface area contributed by atoms with Crippen LogP contribution in [0.4, 0.5) is 4.79 Å². The van der Waals surface area contributed by atoms with Crippen molar-refractivity contribution in [3.63, 3.8) is 0 Å². The molecule has 6 heteroatoms. The van der Waals surface area contributed by atoms with E-state index in [2.05, 4.69) is 35.1 Å². The lowest BCUT2D eigenvalue weighted by Crippen LogP contribution is -2.52. The highest BCUT2D eigenvalue weighted by Gasteiger charge is 2.31. The first-order chi connectivity index (χ1) is 10.9. The molecule has 1 aromatic rings. The molecule has 0 saturated heterocycles. The van der Waals surface area contributed by atoms with Crippen LogP contribution in [0.15, 0.2) is 22.7 Å². The first-order valence-electron chi connectivity index (χ1n) is 7.99. The molecule has 1 unspecified atom stereocenters. The van der Waals surface area contributed by atoms with E-state index in [4.69, 9.17) is 21.1 Å². The fourth-order valence-corrected chi connectivity index (χ4v) is 3.15. The van der Waals surface area contributed by atoms with Gasteiger partial charge in [0, 0.05) is 4.47 Å². The lowest BCUT2D eigenvalue weighted by atomic mass is 9.91. The molecule has 0 heterocycles. The molecule has 0 saturated carbocycles. The Bertz CT molecular complexity index is 572. The summed E-state index contributed by atoms with van der Waals surface area (Å²) in [5.74, 6) is 0.967. The van der Waals surface area contributed by atoms with E-state index < -0.39 is 17.2 Å². The third-order valence-corrected chi connectivity index (χ3v) is 3.89. The highest BCUT2D eigenvalue weighted by molar-refractivity contribution is 9.10. The van der Waals surface area contributed by atoms with Crippen LogP contribution in [-0.4, -0.2) is 23.8 Å². The first-order valence-corrected chi connectivity index (χ1v) is 9.16. The molecule has 136 valence electrons. The molecule has 24 heavy (non-hydrogen) atoms. The minimum Gasteiger partial charge on any atom is -0.490 e. The zero-order valence-electron chi connectivity index (χ0n) is 15.2. The van der Waals surface area contributed by atoms with Crippen LogP contribution in [0.1, 0.15) is 48.0 Å². The topological polar surface area (TPSA) is 47.6 Å². The number of carbonyl (C=O) groups is 1. The fourth-order valence-electron chi connectivity index (χ4n) is 2.43. The molecule has 0 radical (unpaired) electrons. The van der Waals surface area contributed by atoms with Crippen LogP contribution in [0, 0.1) is 5.92 Å². The highest BCUT2D eigenvalue weighted by Crippen LogP contribution is 2.29. The van der Waals surface area contributed by atoms with Gasteiger partial charge in [-0.05, 0) is 58.2 Å². The molecule has 0 spiro atoms. The SMILES string of the molecule is CC(C)CC(C)(COc1ccc(Br)cc1Cl)NC(=O)OC(C)(C)C. The molecular weight excluding hydrogens is 394 g/mol. The molecule has 0 aliphatic rings. The molecule has 0 bridgehead atoms. The Morgan fingerprint density at radius 3 is 2.42 bits per heavy atom. The second-order valence-electron chi connectivity index (χ2n) is 7.65. The van der Waals surface area contributed by atoms with Crippen molar-refractivity contribution in [1.29, 1.82) is 0 Å². The average molecular weight is 421 g/mol. The number of benzene rings is 1. The molecular formula is C18H27BrClNO3. The number of rotatable bonds is 6. The van der Waals surface area contributed by atoms with E-state index in [1.165, 1.54) is 0 Å². The van der Waals surface area contributed by atoms with E-state index in [0.29, 0.717) is 23.3 Å². The molecule has 1 rings (SSSR count). The molecule has 0 fully saturated rings. The van der Waals surface area contributed by atoms with Crippen LogP contribution in [0.2, 0.25) is 5.02 Å². The average Bonchev–Trinajstić information content (AvgIpc) is 2.33. The molecule has 0 aromatic heterocycles. The maximum absolute atomic E-state index is 12.2. The van der Waals surface area contributed by atoms with Crippen LogP contribution >= 0.6 is 27.5 Å². The van der Waals surface area contributed by atoms with Crippen molar-refractivity contribution in [1.82, 2.24) is 5.32 Å². The maximum Gasteiger partial charge on any atom is 0.408 e. The number of carbonyl (C=O) groups excluding carboxylic acids is 1. The van der Waals surface area contributed by atoms with Gasteiger partial charge in [-0.15, -0.1) is 0 Å². The third kappa shape index (κ3) is 7.75. The monoisotopic (exact) mass is 419 g/mol. The van der Waals surface area contributed by atoms with Gasteiger partial charge in [0.15, 0.2) is 0 Å². The summed E-state index contributed by atoms with van der Waals surface area (Å²) in [6.45, 7) is 12.0. The number of hydrogen-bond acceptors (Lipinski definition) is 3. The van der Waals surface area contributed by atoms with Gasteiger partial charge in [0.25, 0.3) is 0 Å². The predicted molar refractivity (Wildman–Crippen MR) is 102 cm³/mol. The van der Waals surface area contributed by atoms with Crippen LogP contribution in [-0.2, 0) is 4.74 Å². The minimum absolute atomic E-state index is 0.297. The normalized spacial score (nSPS) is 14.2. The quantitative estimate of drug-likeness (QED) is 0.631. The van der Waals surface area contributed by atoms with Gasteiger partial charge in [0.2, 0.25) is 0 Å². The van der Waals surface area contributed by atoms with Gasteiger partial charge in [-0.2, -0.15) is 0 Å². The van der Waals surface area contributed by atoms with Crippen molar-refractivity contribution >= 4 is 33.6 Å². The lowest BCUT2D eigenvalue weighted by Gasteiger charge is -2.33. The number of halogens is 2. The Labute approximate surface area is 158 Å². The van der Waals surface area contributed by atoms with E-state index in [9.17, 15) is 4.79 Å². The summed E-state index contributed by atoms with van der Waals surface area (Å²) in [5, 5.41) is 3.47. The van der Waals surface area contributed by atoms with Gasteiger partial charge in [0.05, 0.1) is 10.6 Å². The van der Waals surface area contributed by atoms with Crippen molar-refractivity contribution < 1.29 is 14.3 Å². The molecule has 1 atom stereocenters. The second-order valence-corrected chi connectivity index (χ2v) is 8.97. The van der Waals surface area contributed by atoms with Crippen molar-refractivity contribution in [3.8, 4) is 5.75 Å². The fraction of sp³-hybridized carbons (Fsp3) is 0.611. The Morgan fingerprint density at radius 2 is 1.92 bits per heavy atom. The van der Waals surface area contributed by atoms with Gasteiger partial charge in [0.1, 0.15) is 18.0 Å². The van der Waals surface area contributed by atoms with Crippen molar-refractivity contribution in [2.45, 2.75) is 59.1 Å². The molecule has 0 aliphatic heterocycles. The number of amides is 1. The van der Waals surface area contributed by atoms with E-state index in [0.717, 1.165) is 10.9 Å². The minimum atomic E-state index is -0.563. The molecule has 0 aliphatic carbocycles. The summed E-state index contributed by atoms with van der Waals surface area (Å²) in [7, 11) is 0. The molecule has 1 aromatic carbocycles. The van der Waals surface area contributed by atoms with Crippen molar-refractivity contribution in [2.75, 3.05) is 6.61 Å². The van der Waals surface area contributed by atoms with Crippen LogP contribution < -0.4 is 10.1 Å². The van der Waals surface area contributed by atoms with Crippen LogP contribution in [0.5, 0.6) is 5.75 Å². The first kappa shape index (κ1) is 21.1. The summed E-state index contributed by atoms with van der Waals surface area (Å²) >= 11 is 9.56. The lowest BCUT2D eigenvalue weighted by molar-refractivity contribution is 0.0408. The van der Waals surface area contributed by atoms with Gasteiger partial charge in [-0.3, -0.25) is 0 Å². The zero-order chi connectivity index (χ0) is 18.5. The van der Waals surface area contributed by atoms with Gasteiger partial charge < -0.3 is 14.8 Å². The molecule has 4 nitrogen and oxygen atoms in total. The Kier molecular flexibility index (Phi) is 7.42. The van der Waals surface area contributed by atoms with E-state index in [1.807, 2.05) is 33.8 Å². The molecule has 1 N–H and O–H groups in total. The summed E-state index contributed by atoms with van der Waals surface area (Å²) in [4.78, 5) is 12.2. The number of hydrogen-bond donors (Lipinski definition) is 1. The van der Waals surface area contributed by atoms with Crippen LogP contribution in [0.3, 0.4) is 0 Å². The smallest absolute Gasteiger partial charge is 0.408 e. The standard InChI is InChI=1S/C18H27BrClNO3/c1-12(2)10-18(6,21-16(22)24-17(3,4)5)11-23-15-8-7-13(19)9-14(15)20/h7-9,12H,10-11H2,1-6H3,(H,21,22). The summed E-state index contributed by atoms with van der Waals surface area (Å²) in [5.41, 5.74) is -1.11. The predicted octanol–water partition coefficient (Wildman–Crippen LogP) is 5.81. The molecule has 1 amide bonds. The van der Waals surface area contributed by atoms with Gasteiger partial charge in [-0.25, -0.2) is 4.79 Å². The van der Waals surface area contributed by atoms with E-state index in [-0.39, 0.29) is 0 Å². The Hall–Kier alpha value is -0.940. The second kappa shape index (κ2) is 8.43.